The third-order valence-corrected chi connectivity index (χ3v) is 4.21. The van der Waals surface area contributed by atoms with E-state index < -0.39 is 0 Å². The van der Waals surface area contributed by atoms with E-state index in [0.717, 1.165) is 23.1 Å². The number of benzene rings is 1. The molecule has 0 bridgehead atoms. The second-order valence-corrected chi connectivity index (χ2v) is 6.16. The van der Waals surface area contributed by atoms with Crippen LogP contribution in [-0.2, 0) is 6.54 Å². The van der Waals surface area contributed by atoms with Crippen molar-refractivity contribution in [2.24, 2.45) is 0 Å². The van der Waals surface area contributed by atoms with E-state index in [-0.39, 0.29) is 5.91 Å². The molecular weight excluding hydrogens is 342 g/mol. The van der Waals surface area contributed by atoms with Gasteiger partial charge in [-0.05, 0) is 59.1 Å². The molecule has 1 aliphatic carbocycles. The van der Waals surface area contributed by atoms with Crippen LogP contribution in [0, 0.1) is 0 Å². The predicted molar refractivity (Wildman–Crippen MR) is 80.8 cm³/mol. The first kappa shape index (κ1) is 13.7. The van der Waals surface area contributed by atoms with Gasteiger partial charge in [0.1, 0.15) is 5.76 Å². The summed E-state index contributed by atoms with van der Waals surface area (Å²) in [4.78, 5) is 14.6. The maximum absolute atomic E-state index is 12.7. The molecule has 1 fully saturated rings. The van der Waals surface area contributed by atoms with Crippen LogP contribution < -0.4 is 0 Å². The van der Waals surface area contributed by atoms with E-state index in [9.17, 15) is 4.79 Å². The number of carbonyl (C=O) groups is 1. The summed E-state index contributed by atoms with van der Waals surface area (Å²) in [5.41, 5.74) is 0.632. The Hall–Kier alpha value is -1.26. The van der Waals surface area contributed by atoms with Crippen molar-refractivity contribution in [3.05, 3.63) is 57.4 Å². The number of rotatable bonds is 4. The molecule has 0 aliphatic heterocycles. The molecule has 0 N–H and O–H groups in total. The Balaban J connectivity index is 1.85. The number of hydrogen-bond donors (Lipinski definition) is 0. The second kappa shape index (κ2) is 5.62. The summed E-state index contributed by atoms with van der Waals surface area (Å²) >= 11 is 9.33. The van der Waals surface area contributed by atoms with Crippen molar-refractivity contribution in [3.63, 3.8) is 0 Å². The van der Waals surface area contributed by atoms with Crippen molar-refractivity contribution in [1.82, 2.24) is 4.90 Å². The summed E-state index contributed by atoms with van der Waals surface area (Å²) in [6.07, 6.45) is 3.73. The molecule has 1 saturated carbocycles. The molecule has 5 heteroatoms. The van der Waals surface area contributed by atoms with Gasteiger partial charge in [0.2, 0.25) is 0 Å². The molecule has 1 heterocycles. The van der Waals surface area contributed by atoms with Crippen LogP contribution in [0.4, 0.5) is 0 Å². The lowest BCUT2D eigenvalue weighted by atomic mass is 10.2. The molecule has 1 aromatic heterocycles. The molecule has 3 nitrogen and oxygen atoms in total. The first-order valence-corrected chi connectivity index (χ1v) is 7.60. The number of carbonyl (C=O) groups excluding carboxylic acids is 1. The number of nitrogens with zero attached hydrogens (tertiary/aromatic N) is 1. The van der Waals surface area contributed by atoms with Gasteiger partial charge in [0.25, 0.3) is 5.91 Å². The van der Waals surface area contributed by atoms with Crippen molar-refractivity contribution in [2.75, 3.05) is 0 Å². The van der Waals surface area contributed by atoms with Crippen LogP contribution in [0.1, 0.15) is 29.0 Å². The maximum atomic E-state index is 12.7. The summed E-state index contributed by atoms with van der Waals surface area (Å²) in [5, 5.41) is 0.609. The smallest absolute Gasteiger partial charge is 0.255 e. The molecule has 0 unspecified atom stereocenters. The van der Waals surface area contributed by atoms with E-state index in [4.69, 9.17) is 16.0 Å². The Kier molecular flexibility index (Phi) is 3.85. The molecule has 20 heavy (non-hydrogen) atoms. The molecule has 3 rings (SSSR count). The Morgan fingerprint density at radius 2 is 2.20 bits per heavy atom. The fourth-order valence-corrected chi connectivity index (χ4v) is 2.99. The minimum atomic E-state index is 0.00689. The van der Waals surface area contributed by atoms with Crippen molar-refractivity contribution in [1.29, 1.82) is 0 Å². The van der Waals surface area contributed by atoms with E-state index >= 15 is 0 Å². The zero-order valence-electron chi connectivity index (χ0n) is 10.7. The van der Waals surface area contributed by atoms with Crippen molar-refractivity contribution >= 4 is 33.4 Å². The van der Waals surface area contributed by atoms with Gasteiger partial charge in [0.15, 0.2) is 0 Å². The van der Waals surface area contributed by atoms with E-state index in [1.807, 2.05) is 17.0 Å². The number of halogens is 2. The summed E-state index contributed by atoms with van der Waals surface area (Å²) in [5.74, 6) is 0.808. The summed E-state index contributed by atoms with van der Waals surface area (Å²) in [6, 6.07) is 9.27. The highest BCUT2D eigenvalue weighted by Gasteiger charge is 2.34. The monoisotopic (exact) mass is 353 g/mol. The molecular formula is C15H13BrClNO2. The van der Waals surface area contributed by atoms with Crippen LogP contribution >= 0.6 is 27.5 Å². The van der Waals surface area contributed by atoms with Crippen LogP contribution in [-0.4, -0.2) is 16.8 Å². The minimum Gasteiger partial charge on any atom is -0.467 e. The molecule has 0 spiro atoms. The predicted octanol–water partition coefficient (Wildman–Crippen LogP) is 4.50. The van der Waals surface area contributed by atoms with Crippen molar-refractivity contribution in [2.45, 2.75) is 25.4 Å². The largest absolute Gasteiger partial charge is 0.467 e. The number of hydrogen-bond acceptors (Lipinski definition) is 2. The van der Waals surface area contributed by atoms with Crippen LogP contribution in [0.15, 0.2) is 45.5 Å². The van der Waals surface area contributed by atoms with Gasteiger partial charge in [-0.25, -0.2) is 0 Å². The van der Waals surface area contributed by atoms with Crippen LogP contribution in [0.5, 0.6) is 0 Å². The topological polar surface area (TPSA) is 33.5 Å². The molecule has 0 atom stereocenters. The first-order valence-electron chi connectivity index (χ1n) is 6.43. The van der Waals surface area contributed by atoms with E-state index in [1.54, 1.807) is 24.5 Å². The highest BCUT2D eigenvalue weighted by Crippen LogP contribution is 2.32. The molecule has 1 amide bonds. The lowest BCUT2D eigenvalue weighted by Crippen LogP contribution is -2.32. The highest BCUT2D eigenvalue weighted by atomic mass is 79.9. The Labute approximate surface area is 130 Å². The zero-order chi connectivity index (χ0) is 14.1. The fraction of sp³-hybridized carbons (Fsp3) is 0.267. The molecule has 104 valence electrons. The number of furan rings is 1. The second-order valence-electron chi connectivity index (χ2n) is 4.87. The van der Waals surface area contributed by atoms with Crippen molar-refractivity contribution in [3.8, 4) is 0 Å². The summed E-state index contributed by atoms with van der Waals surface area (Å²) in [6.45, 7) is 0.506. The zero-order valence-corrected chi connectivity index (χ0v) is 13.0. The van der Waals surface area contributed by atoms with Gasteiger partial charge in [-0.3, -0.25) is 4.79 Å². The SMILES string of the molecule is O=C(c1ccc(Cl)cc1Br)N(Cc1ccco1)C1CC1. The van der Waals surface area contributed by atoms with E-state index in [1.165, 1.54) is 0 Å². The van der Waals surface area contributed by atoms with Gasteiger partial charge >= 0.3 is 0 Å². The van der Waals surface area contributed by atoms with Crippen LogP contribution in [0.2, 0.25) is 5.02 Å². The fourth-order valence-electron chi connectivity index (χ4n) is 2.14. The lowest BCUT2D eigenvalue weighted by molar-refractivity contribution is 0.0716. The normalized spacial score (nSPS) is 14.3. The standard InChI is InChI=1S/C15H13BrClNO2/c16-14-8-10(17)3-6-13(14)15(19)18(11-4-5-11)9-12-2-1-7-20-12/h1-3,6-8,11H,4-5,9H2. The molecule has 0 saturated heterocycles. The minimum absolute atomic E-state index is 0.00689. The maximum Gasteiger partial charge on any atom is 0.255 e. The average molecular weight is 355 g/mol. The molecule has 1 aromatic carbocycles. The van der Waals surface area contributed by atoms with E-state index in [2.05, 4.69) is 15.9 Å². The van der Waals surface area contributed by atoms with E-state index in [0.29, 0.717) is 23.2 Å². The number of amides is 1. The highest BCUT2D eigenvalue weighted by molar-refractivity contribution is 9.10. The molecule has 0 radical (unpaired) electrons. The summed E-state index contributed by atoms with van der Waals surface area (Å²) < 4.78 is 6.07. The van der Waals surface area contributed by atoms with Gasteiger partial charge in [0, 0.05) is 15.5 Å². The van der Waals surface area contributed by atoms with Gasteiger partial charge in [-0.15, -0.1) is 0 Å². The Morgan fingerprint density at radius 1 is 1.40 bits per heavy atom. The first-order chi connectivity index (χ1) is 9.65. The Morgan fingerprint density at radius 3 is 2.80 bits per heavy atom. The van der Waals surface area contributed by atoms with Crippen LogP contribution in [0.3, 0.4) is 0 Å². The average Bonchev–Trinajstić information content (AvgIpc) is 3.12. The third kappa shape index (κ3) is 2.91. The van der Waals surface area contributed by atoms with Gasteiger partial charge in [0.05, 0.1) is 18.4 Å². The van der Waals surface area contributed by atoms with Crippen molar-refractivity contribution < 1.29 is 9.21 Å². The van der Waals surface area contributed by atoms with Gasteiger partial charge in [-0.2, -0.15) is 0 Å². The Bertz CT molecular complexity index is 623. The lowest BCUT2D eigenvalue weighted by Gasteiger charge is -2.22. The summed E-state index contributed by atoms with van der Waals surface area (Å²) in [7, 11) is 0. The molecule has 1 aliphatic rings. The van der Waals surface area contributed by atoms with Gasteiger partial charge in [-0.1, -0.05) is 11.6 Å². The van der Waals surface area contributed by atoms with Crippen LogP contribution in [0.25, 0.3) is 0 Å². The molecule has 2 aromatic rings. The quantitative estimate of drug-likeness (QED) is 0.810. The van der Waals surface area contributed by atoms with Gasteiger partial charge < -0.3 is 9.32 Å². The third-order valence-electron chi connectivity index (χ3n) is 3.32.